The lowest BCUT2D eigenvalue weighted by Gasteiger charge is -2.17. The van der Waals surface area contributed by atoms with E-state index in [-0.39, 0.29) is 0 Å². The van der Waals surface area contributed by atoms with Gasteiger partial charge in [0.1, 0.15) is 5.25 Å². The van der Waals surface area contributed by atoms with Crippen LogP contribution in [-0.2, 0) is 10.1 Å². The van der Waals surface area contributed by atoms with E-state index in [1.54, 1.807) is 6.08 Å². The molecular weight excluding hydrogens is 164 g/mol. The SMILES string of the molecule is CC1C=C[C@H](S(=O)(=O)O)CC1. The topological polar surface area (TPSA) is 54.4 Å². The Morgan fingerprint density at radius 3 is 2.36 bits per heavy atom. The highest BCUT2D eigenvalue weighted by molar-refractivity contribution is 7.86. The van der Waals surface area contributed by atoms with E-state index in [1.165, 1.54) is 0 Å². The quantitative estimate of drug-likeness (QED) is 0.483. The molecule has 0 fully saturated rings. The van der Waals surface area contributed by atoms with Gasteiger partial charge in [0.25, 0.3) is 10.1 Å². The molecule has 3 nitrogen and oxygen atoms in total. The van der Waals surface area contributed by atoms with Gasteiger partial charge in [-0.1, -0.05) is 19.1 Å². The third kappa shape index (κ3) is 2.31. The first-order chi connectivity index (χ1) is 5.00. The Labute approximate surface area is 66.9 Å². The van der Waals surface area contributed by atoms with Crippen LogP contribution in [0.25, 0.3) is 0 Å². The zero-order valence-corrected chi connectivity index (χ0v) is 7.21. The highest BCUT2D eigenvalue weighted by Gasteiger charge is 2.23. The summed E-state index contributed by atoms with van der Waals surface area (Å²) in [7, 11) is -3.84. The number of rotatable bonds is 1. The van der Waals surface area contributed by atoms with E-state index in [0.717, 1.165) is 6.42 Å². The molecule has 1 aliphatic rings. The fraction of sp³-hybridized carbons (Fsp3) is 0.714. The molecule has 1 rings (SSSR count). The van der Waals surface area contributed by atoms with Gasteiger partial charge in [-0.05, 0) is 18.8 Å². The first-order valence-electron chi connectivity index (χ1n) is 3.65. The molecule has 0 aromatic heterocycles. The molecule has 0 aromatic carbocycles. The molecule has 1 unspecified atom stereocenters. The molecule has 0 aliphatic heterocycles. The van der Waals surface area contributed by atoms with Crippen molar-refractivity contribution in [1.82, 2.24) is 0 Å². The fourth-order valence-electron chi connectivity index (χ4n) is 1.18. The molecule has 0 radical (unpaired) electrons. The van der Waals surface area contributed by atoms with Crippen molar-refractivity contribution in [2.75, 3.05) is 0 Å². The molecular formula is C7H12O3S. The van der Waals surface area contributed by atoms with E-state index < -0.39 is 15.4 Å². The van der Waals surface area contributed by atoms with Gasteiger partial charge < -0.3 is 0 Å². The van der Waals surface area contributed by atoms with Gasteiger partial charge in [-0.25, -0.2) is 0 Å². The maximum absolute atomic E-state index is 10.6. The molecule has 0 amide bonds. The van der Waals surface area contributed by atoms with Crippen LogP contribution < -0.4 is 0 Å². The zero-order valence-electron chi connectivity index (χ0n) is 6.40. The van der Waals surface area contributed by atoms with E-state index in [2.05, 4.69) is 0 Å². The number of hydrogen-bond acceptors (Lipinski definition) is 2. The summed E-state index contributed by atoms with van der Waals surface area (Å²) < 4.78 is 29.8. The van der Waals surface area contributed by atoms with Crippen LogP contribution in [0, 0.1) is 5.92 Å². The normalized spacial score (nSPS) is 32.2. The molecule has 1 aliphatic carbocycles. The second-order valence-electron chi connectivity index (χ2n) is 2.99. The summed E-state index contributed by atoms with van der Waals surface area (Å²) in [6, 6.07) is 0. The van der Waals surface area contributed by atoms with Gasteiger partial charge in [-0.3, -0.25) is 4.55 Å². The Morgan fingerprint density at radius 2 is 2.00 bits per heavy atom. The second-order valence-corrected chi connectivity index (χ2v) is 4.63. The van der Waals surface area contributed by atoms with Crippen molar-refractivity contribution in [3.63, 3.8) is 0 Å². The van der Waals surface area contributed by atoms with Crippen molar-refractivity contribution in [3.05, 3.63) is 12.2 Å². The maximum Gasteiger partial charge on any atom is 0.271 e. The highest BCUT2D eigenvalue weighted by Crippen LogP contribution is 2.20. The summed E-state index contributed by atoms with van der Waals surface area (Å²) in [5.41, 5.74) is 0. The lowest BCUT2D eigenvalue weighted by molar-refractivity contribution is 0.461. The van der Waals surface area contributed by atoms with Gasteiger partial charge in [0.05, 0.1) is 0 Å². The maximum atomic E-state index is 10.6. The van der Waals surface area contributed by atoms with E-state index >= 15 is 0 Å². The molecule has 2 atom stereocenters. The molecule has 0 spiro atoms. The van der Waals surface area contributed by atoms with E-state index in [1.807, 2.05) is 13.0 Å². The minimum atomic E-state index is -3.84. The molecule has 11 heavy (non-hydrogen) atoms. The van der Waals surface area contributed by atoms with Crippen molar-refractivity contribution in [2.24, 2.45) is 5.92 Å². The van der Waals surface area contributed by atoms with E-state index in [0.29, 0.717) is 12.3 Å². The summed E-state index contributed by atoms with van der Waals surface area (Å²) in [5, 5.41) is -0.668. The molecule has 0 bridgehead atoms. The van der Waals surface area contributed by atoms with Crippen LogP contribution in [0.15, 0.2) is 12.2 Å². The van der Waals surface area contributed by atoms with E-state index in [4.69, 9.17) is 4.55 Å². The minimum absolute atomic E-state index is 0.438. The molecule has 0 saturated heterocycles. The lowest BCUT2D eigenvalue weighted by atomic mass is 9.98. The number of hydrogen-bond donors (Lipinski definition) is 1. The summed E-state index contributed by atoms with van der Waals surface area (Å²) in [4.78, 5) is 0. The summed E-state index contributed by atoms with van der Waals surface area (Å²) in [6.07, 6.45) is 4.78. The van der Waals surface area contributed by atoms with Crippen molar-refractivity contribution in [3.8, 4) is 0 Å². The Bertz CT molecular complexity index is 253. The molecule has 0 saturated carbocycles. The summed E-state index contributed by atoms with van der Waals surface area (Å²) in [5.74, 6) is 0.438. The standard InChI is InChI=1S/C7H12O3S/c1-6-2-4-7(5-3-6)11(8,9)10/h2,4,6-7H,3,5H2,1H3,(H,8,9,10)/t6?,7-/m0/s1. The fourth-order valence-corrected chi connectivity index (χ4v) is 1.90. The van der Waals surface area contributed by atoms with Crippen molar-refractivity contribution >= 4 is 10.1 Å². The first kappa shape index (κ1) is 8.74. The van der Waals surface area contributed by atoms with Crippen LogP contribution >= 0.6 is 0 Å². The summed E-state index contributed by atoms with van der Waals surface area (Å²) >= 11 is 0. The lowest BCUT2D eigenvalue weighted by Crippen LogP contribution is -2.21. The van der Waals surface area contributed by atoms with Gasteiger partial charge in [-0.2, -0.15) is 8.42 Å². The Hall–Kier alpha value is -0.350. The third-order valence-corrected chi connectivity index (χ3v) is 3.10. The zero-order chi connectivity index (χ0) is 8.48. The highest BCUT2D eigenvalue weighted by atomic mass is 32.2. The van der Waals surface area contributed by atoms with Crippen LogP contribution in [-0.4, -0.2) is 18.2 Å². The van der Waals surface area contributed by atoms with Crippen molar-refractivity contribution in [1.29, 1.82) is 0 Å². The Morgan fingerprint density at radius 1 is 1.36 bits per heavy atom. The predicted octanol–water partition coefficient (Wildman–Crippen LogP) is 1.23. The average molecular weight is 176 g/mol. The van der Waals surface area contributed by atoms with Gasteiger partial charge in [0.2, 0.25) is 0 Å². The summed E-state index contributed by atoms with van der Waals surface area (Å²) in [6.45, 7) is 2.02. The largest absolute Gasteiger partial charge is 0.285 e. The molecule has 0 aromatic rings. The van der Waals surface area contributed by atoms with Gasteiger partial charge >= 0.3 is 0 Å². The number of allylic oxidation sites excluding steroid dienone is 1. The van der Waals surface area contributed by atoms with E-state index in [9.17, 15) is 8.42 Å². The predicted molar refractivity (Wildman–Crippen MR) is 42.9 cm³/mol. The van der Waals surface area contributed by atoms with Gasteiger partial charge in [0, 0.05) is 0 Å². The molecule has 64 valence electrons. The first-order valence-corrected chi connectivity index (χ1v) is 5.15. The third-order valence-electron chi connectivity index (χ3n) is 1.94. The Balaban J connectivity index is 2.73. The van der Waals surface area contributed by atoms with Crippen LogP contribution in [0.5, 0.6) is 0 Å². The van der Waals surface area contributed by atoms with Crippen LogP contribution in [0.3, 0.4) is 0 Å². The second kappa shape index (κ2) is 2.95. The average Bonchev–Trinajstić information content (AvgIpc) is 1.86. The monoisotopic (exact) mass is 176 g/mol. The van der Waals surface area contributed by atoms with Crippen molar-refractivity contribution < 1.29 is 13.0 Å². The van der Waals surface area contributed by atoms with Crippen LogP contribution in [0.1, 0.15) is 19.8 Å². The minimum Gasteiger partial charge on any atom is -0.285 e. The Kier molecular flexibility index (Phi) is 2.34. The molecule has 4 heteroatoms. The van der Waals surface area contributed by atoms with Crippen molar-refractivity contribution in [2.45, 2.75) is 25.0 Å². The molecule has 1 N–H and O–H groups in total. The van der Waals surface area contributed by atoms with Gasteiger partial charge in [0.15, 0.2) is 0 Å². The molecule has 0 heterocycles. The van der Waals surface area contributed by atoms with Crippen LogP contribution in [0.4, 0.5) is 0 Å². The smallest absolute Gasteiger partial charge is 0.271 e. The van der Waals surface area contributed by atoms with Gasteiger partial charge in [-0.15, -0.1) is 0 Å². The van der Waals surface area contributed by atoms with Crippen LogP contribution in [0.2, 0.25) is 0 Å².